The molecule has 0 radical (unpaired) electrons. The van der Waals surface area contributed by atoms with Crippen LogP contribution in [-0.4, -0.2) is 48.0 Å². The molecule has 2 fully saturated rings. The standard InChI is InChI=1S/C23H34N2O4S/c1-23(2,3)29-22(27)18-11-12-19(24-21(18)30-17-9-5-6-10-17)25-13-7-8-16(15-25)14-20(26)28-4/h11-12,16-17H,5-10,13-15H2,1-4H3/t16-/m0/s1. The van der Waals surface area contributed by atoms with Crippen LogP contribution >= 0.6 is 11.8 Å². The molecule has 0 amide bonds. The van der Waals surface area contributed by atoms with Gasteiger partial charge in [-0.1, -0.05) is 12.8 Å². The zero-order valence-electron chi connectivity index (χ0n) is 18.6. The first-order chi connectivity index (χ1) is 14.2. The van der Waals surface area contributed by atoms with Gasteiger partial charge >= 0.3 is 11.9 Å². The van der Waals surface area contributed by atoms with Gasteiger partial charge in [0.1, 0.15) is 16.4 Å². The molecule has 6 nitrogen and oxygen atoms in total. The van der Waals surface area contributed by atoms with Gasteiger partial charge in [-0.3, -0.25) is 4.79 Å². The first-order valence-corrected chi connectivity index (χ1v) is 11.9. The highest BCUT2D eigenvalue weighted by Gasteiger charge is 2.27. The number of hydrogen-bond acceptors (Lipinski definition) is 7. The highest BCUT2D eigenvalue weighted by Crippen LogP contribution is 2.37. The van der Waals surface area contributed by atoms with Crippen LogP contribution in [-0.2, 0) is 14.3 Å². The van der Waals surface area contributed by atoms with E-state index in [2.05, 4.69) is 4.90 Å². The molecule has 1 saturated heterocycles. The van der Waals surface area contributed by atoms with E-state index in [0.717, 1.165) is 49.6 Å². The average molecular weight is 435 g/mol. The Balaban J connectivity index is 1.81. The van der Waals surface area contributed by atoms with Gasteiger partial charge in [-0.2, -0.15) is 0 Å². The van der Waals surface area contributed by atoms with Crippen molar-refractivity contribution in [1.82, 2.24) is 4.98 Å². The van der Waals surface area contributed by atoms with Crippen molar-refractivity contribution in [2.24, 2.45) is 5.92 Å². The van der Waals surface area contributed by atoms with E-state index in [-0.39, 0.29) is 17.9 Å². The Labute approximate surface area is 184 Å². The third kappa shape index (κ3) is 6.37. The van der Waals surface area contributed by atoms with Gasteiger partial charge in [-0.25, -0.2) is 9.78 Å². The highest BCUT2D eigenvalue weighted by molar-refractivity contribution is 7.99. The fraction of sp³-hybridized carbons (Fsp3) is 0.696. The lowest BCUT2D eigenvalue weighted by Gasteiger charge is -2.33. The predicted octanol–water partition coefficient (Wildman–Crippen LogP) is 4.85. The second-order valence-electron chi connectivity index (χ2n) is 9.28. The van der Waals surface area contributed by atoms with E-state index in [1.54, 1.807) is 11.8 Å². The third-order valence-electron chi connectivity index (χ3n) is 5.57. The molecule has 0 spiro atoms. The molecule has 3 rings (SSSR count). The summed E-state index contributed by atoms with van der Waals surface area (Å²) in [5.41, 5.74) is 0.00709. The molecule has 1 aromatic rings. The maximum absolute atomic E-state index is 12.8. The smallest absolute Gasteiger partial charge is 0.341 e. The van der Waals surface area contributed by atoms with Gasteiger partial charge in [0.25, 0.3) is 0 Å². The Morgan fingerprint density at radius 3 is 2.57 bits per heavy atom. The number of esters is 2. The molecule has 0 bridgehead atoms. The van der Waals surface area contributed by atoms with E-state index in [9.17, 15) is 9.59 Å². The molecule has 1 aromatic heterocycles. The summed E-state index contributed by atoms with van der Waals surface area (Å²) in [7, 11) is 1.44. The van der Waals surface area contributed by atoms with Crippen molar-refractivity contribution in [3.05, 3.63) is 17.7 Å². The summed E-state index contributed by atoms with van der Waals surface area (Å²) in [6.07, 6.45) is 7.27. The number of anilines is 1. The largest absolute Gasteiger partial charge is 0.469 e. The maximum Gasteiger partial charge on any atom is 0.341 e. The Hall–Kier alpha value is -1.76. The van der Waals surface area contributed by atoms with E-state index in [0.29, 0.717) is 17.2 Å². The molecule has 30 heavy (non-hydrogen) atoms. The first kappa shape index (κ1) is 22.9. The van der Waals surface area contributed by atoms with Crippen LogP contribution in [0.3, 0.4) is 0 Å². The van der Waals surface area contributed by atoms with Crippen LogP contribution in [0.15, 0.2) is 17.2 Å². The molecule has 2 heterocycles. The van der Waals surface area contributed by atoms with Crippen LogP contribution < -0.4 is 4.90 Å². The topological polar surface area (TPSA) is 68.7 Å². The van der Waals surface area contributed by atoms with Gasteiger partial charge in [0, 0.05) is 24.8 Å². The first-order valence-electron chi connectivity index (χ1n) is 11.0. The Bertz CT molecular complexity index is 756. The van der Waals surface area contributed by atoms with Gasteiger partial charge in [-0.05, 0) is 64.5 Å². The number of hydrogen-bond donors (Lipinski definition) is 0. The van der Waals surface area contributed by atoms with E-state index >= 15 is 0 Å². The van der Waals surface area contributed by atoms with Gasteiger partial charge in [-0.15, -0.1) is 11.8 Å². The second-order valence-corrected chi connectivity index (χ2v) is 10.6. The Morgan fingerprint density at radius 1 is 1.17 bits per heavy atom. The molecule has 1 atom stereocenters. The van der Waals surface area contributed by atoms with E-state index in [1.807, 2.05) is 32.9 Å². The predicted molar refractivity (Wildman–Crippen MR) is 119 cm³/mol. The van der Waals surface area contributed by atoms with Crippen molar-refractivity contribution in [3.8, 4) is 0 Å². The minimum absolute atomic E-state index is 0.160. The number of pyridine rings is 1. The lowest BCUT2D eigenvalue weighted by atomic mass is 9.95. The molecule has 166 valence electrons. The van der Waals surface area contributed by atoms with Gasteiger partial charge in [0.15, 0.2) is 0 Å². The zero-order valence-corrected chi connectivity index (χ0v) is 19.4. The van der Waals surface area contributed by atoms with Gasteiger partial charge in [0.2, 0.25) is 0 Å². The number of thioether (sulfide) groups is 1. The molecule has 0 unspecified atom stereocenters. The summed E-state index contributed by atoms with van der Waals surface area (Å²) >= 11 is 1.71. The lowest BCUT2D eigenvalue weighted by Crippen LogP contribution is -2.37. The number of nitrogens with zero attached hydrogens (tertiary/aromatic N) is 2. The molecule has 2 aliphatic rings. The van der Waals surface area contributed by atoms with E-state index in [1.165, 1.54) is 20.0 Å². The van der Waals surface area contributed by atoms with Crippen LogP contribution in [0.25, 0.3) is 0 Å². The normalized spacial score (nSPS) is 20.3. The number of methoxy groups -OCH3 is 1. The molecule has 1 aliphatic heterocycles. The molecule has 7 heteroatoms. The fourth-order valence-electron chi connectivity index (χ4n) is 4.11. The van der Waals surface area contributed by atoms with Crippen LogP contribution in [0.1, 0.15) is 76.1 Å². The van der Waals surface area contributed by atoms with Crippen LogP contribution in [0, 0.1) is 5.92 Å². The molecule has 0 N–H and O–H groups in total. The monoisotopic (exact) mass is 434 g/mol. The van der Waals surface area contributed by atoms with E-state index < -0.39 is 5.60 Å². The number of rotatable bonds is 6. The summed E-state index contributed by atoms with van der Waals surface area (Å²) in [6.45, 7) is 7.33. The molecular formula is C23H34N2O4S. The SMILES string of the molecule is COC(=O)C[C@@H]1CCCN(c2ccc(C(=O)OC(C)(C)C)c(SC3CCCC3)n2)C1. The summed E-state index contributed by atoms with van der Waals surface area (Å²) in [6, 6.07) is 3.77. The number of ether oxygens (including phenoxy) is 2. The van der Waals surface area contributed by atoms with Gasteiger partial charge in [0.05, 0.1) is 12.7 Å². The van der Waals surface area contributed by atoms with Crippen molar-refractivity contribution < 1.29 is 19.1 Å². The van der Waals surface area contributed by atoms with Crippen molar-refractivity contribution in [2.45, 2.75) is 81.6 Å². The quantitative estimate of drug-likeness (QED) is 0.593. The average Bonchev–Trinajstić information content (AvgIpc) is 3.19. The van der Waals surface area contributed by atoms with Crippen LogP contribution in [0.2, 0.25) is 0 Å². The van der Waals surface area contributed by atoms with E-state index in [4.69, 9.17) is 14.5 Å². The van der Waals surface area contributed by atoms with Crippen molar-refractivity contribution in [3.63, 3.8) is 0 Å². The Kier molecular flexibility index (Phi) is 7.66. The van der Waals surface area contributed by atoms with Crippen molar-refractivity contribution in [1.29, 1.82) is 0 Å². The van der Waals surface area contributed by atoms with Crippen LogP contribution in [0.5, 0.6) is 0 Å². The summed E-state index contributed by atoms with van der Waals surface area (Å²) in [5, 5.41) is 1.27. The van der Waals surface area contributed by atoms with Crippen molar-refractivity contribution in [2.75, 3.05) is 25.1 Å². The summed E-state index contributed by atoms with van der Waals surface area (Å²) < 4.78 is 10.5. The maximum atomic E-state index is 12.8. The minimum atomic E-state index is -0.543. The number of carbonyl (C=O) groups excluding carboxylic acids is 2. The molecular weight excluding hydrogens is 400 g/mol. The lowest BCUT2D eigenvalue weighted by molar-refractivity contribution is -0.141. The number of aromatic nitrogens is 1. The summed E-state index contributed by atoms with van der Waals surface area (Å²) in [5.74, 6) is 0.665. The number of carbonyl (C=O) groups is 2. The summed E-state index contributed by atoms with van der Waals surface area (Å²) in [4.78, 5) is 31.6. The van der Waals surface area contributed by atoms with Gasteiger partial charge < -0.3 is 14.4 Å². The Morgan fingerprint density at radius 2 is 1.90 bits per heavy atom. The highest BCUT2D eigenvalue weighted by atomic mass is 32.2. The minimum Gasteiger partial charge on any atom is -0.469 e. The fourth-order valence-corrected chi connectivity index (χ4v) is 5.42. The molecule has 0 aromatic carbocycles. The van der Waals surface area contributed by atoms with Crippen molar-refractivity contribution >= 4 is 29.5 Å². The zero-order chi connectivity index (χ0) is 21.7. The molecule has 1 saturated carbocycles. The number of piperidine rings is 1. The molecule has 1 aliphatic carbocycles. The van der Waals surface area contributed by atoms with Crippen LogP contribution in [0.4, 0.5) is 5.82 Å². The second kappa shape index (κ2) is 10.0. The third-order valence-corrected chi connectivity index (χ3v) is 6.91.